The fourth-order valence-corrected chi connectivity index (χ4v) is 2.39. The Bertz CT molecular complexity index is 822. The molecule has 1 aromatic carbocycles. The van der Waals surface area contributed by atoms with Crippen molar-refractivity contribution in [1.82, 2.24) is 10.2 Å². The Morgan fingerprint density at radius 1 is 1.16 bits per heavy atom. The first kappa shape index (κ1) is 16.5. The molecule has 0 bridgehead atoms. The van der Waals surface area contributed by atoms with Gasteiger partial charge in [-0.2, -0.15) is 0 Å². The second kappa shape index (κ2) is 7.04. The minimum atomic E-state index is -0.768. The Labute approximate surface area is 143 Å². The lowest BCUT2D eigenvalue weighted by Gasteiger charge is -2.25. The van der Waals surface area contributed by atoms with Crippen LogP contribution in [0.5, 0.6) is 5.75 Å². The highest BCUT2D eigenvalue weighted by molar-refractivity contribution is 6.30. The molecule has 0 saturated carbocycles. The molecule has 0 radical (unpaired) electrons. The molecule has 1 N–H and O–H groups in total. The van der Waals surface area contributed by atoms with Crippen molar-refractivity contribution in [3.8, 4) is 5.75 Å². The summed E-state index contributed by atoms with van der Waals surface area (Å²) in [5.74, 6) is -0.254. The van der Waals surface area contributed by atoms with E-state index < -0.39 is 17.8 Å². The number of amides is 4. The molecule has 7 heteroatoms. The van der Waals surface area contributed by atoms with Crippen LogP contribution >= 0.6 is 0 Å². The van der Waals surface area contributed by atoms with Gasteiger partial charge in [-0.3, -0.25) is 19.8 Å². The zero-order valence-corrected chi connectivity index (χ0v) is 13.5. The number of imide groups is 2. The number of nitrogens with one attached hydrogen (secondary N) is 1. The Morgan fingerprint density at radius 2 is 1.92 bits per heavy atom. The van der Waals surface area contributed by atoms with E-state index in [9.17, 15) is 14.4 Å². The zero-order chi connectivity index (χ0) is 17.8. The van der Waals surface area contributed by atoms with Crippen LogP contribution < -0.4 is 10.1 Å². The van der Waals surface area contributed by atoms with Crippen molar-refractivity contribution in [3.05, 3.63) is 59.6 Å². The standard InChI is InChI=1S/C18H16N2O5/c1-2-24-13-7-5-12(6-8-13)10-15-16(21)19-18(23)20(17(15)22)11-14-4-3-9-25-14/h3-10H,2,11H2,1H3,(H,19,21,23)/b15-10-. The minimum Gasteiger partial charge on any atom is -0.494 e. The van der Waals surface area contributed by atoms with Gasteiger partial charge in [-0.05, 0) is 42.8 Å². The molecule has 0 atom stereocenters. The van der Waals surface area contributed by atoms with Crippen LogP contribution in [0.1, 0.15) is 18.2 Å². The number of rotatable bonds is 5. The summed E-state index contributed by atoms with van der Waals surface area (Å²) in [7, 11) is 0. The third-order valence-electron chi connectivity index (χ3n) is 3.58. The summed E-state index contributed by atoms with van der Waals surface area (Å²) in [6.07, 6.45) is 2.89. The average Bonchev–Trinajstić information content (AvgIpc) is 3.10. The van der Waals surface area contributed by atoms with Crippen molar-refractivity contribution in [2.45, 2.75) is 13.5 Å². The van der Waals surface area contributed by atoms with Crippen molar-refractivity contribution in [2.75, 3.05) is 6.61 Å². The summed E-state index contributed by atoms with van der Waals surface area (Å²) < 4.78 is 10.5. The van der Waals surface area contributed by atoms with E-state index in [4.69, 9.17) is 9.15 Å². The van der Waals surface area contributed by atoms with Crippen molar-refractivity contribution < 1.29 is 23.5 Å². The highest BCUT2D eigenvalue weighted by Gasteiger charge is 2.36. The maximum Gasteiger partial charge on any atom is 0.331 e. The van der Waals surface area contributed by atoms with E-state index in [0.717, 1.165) is 4.90 Å². The lowest BCUT2D eigenvalue weighted by atomic mass is 10.1. The predicted molar refractivity (Wildman–Crippen MR) is 88.4 cm³/mol. The smallest absolute Gasteiger partial charge is 0.331 e. The van der Waals surface area contributed by atoms with E-state index in [0.29, 0.717) is 23.7 Å². The van der Waals surface area contributed by atoms with E-state index >= 15 is 0 Å². The molecule has 3 rings (SSSR count). The number of furan rings is 1. The Morgan fingerprint density at radius 3 is 2.56 bits per heavy atom. The van der Waals surface area contributed by atoms with E-state index in [1.807, 2.05) is 6.92 Å². The summed E-state index contributed by atoms with van der Waals surface area (Å²) in [6.45, 7) is 2.38. The summed E-state index contributed by atoms with van der Waals surface area (Å²) >= 11 is 0. The second-order valence-electron chi connectivity index (χ2n) is 5.29. The Kier molecular flexibility index (Phi) is 4.65. The third-order valence-corrected chi connectivity index (χ3v) is 3.58. The van der Waals surface area contributed by atoms with Gasteiger partial charge in [0.2, 0.25) is 0 Å². The Hall–Kier alpha value is -3.35. The maximum absolute atomic E-state index is 12.6. The fraction of sp³-hybridized carbons (Fsp3) is 0.167. The molecule has 128 valence electrons. The molecule has 1 saturated heterocycles. The van der Waals surface area contributed by atoms with Crippen LogP contribution in [-0.4, -0.2) is 29.4 Å². The van der Waals surface area contributed by atoms with Gasteiger partial charge < -0.3 is 9.15 Å². The molecule has 1 aliphatic heterocycles. The summed E-state index contributed by atoms with van der Waals surface area (Å²) in [5.41, 5.74) is 0.532. The van der Waals surface area contributed by atoms with Crippen LogP contribution in [0.2, 0.25) is 0 Å². The molecular formula is C18H16N2O5. The van der Waals surface area contributed by atoms with Crippen molar-refractivity contribution >= 4 is 23.9 Å². The topological polar surface area (TPSA) is 88.8 Å². The monoisotopic (exact) mass is 340 g/mol. The highest BCUT2D eigenvalue weighted by atomic mass is 16.5. The number of carbonyl (C=O) groups excluding carboxylic acids is 3. The van der Waals surface area contributed by atoms with Crippen LogP contribution in [-0.2, 0) is 16.1 Å². The van der Waals surface area contributed by atoms with Crippen molar-refractivity contribution in [2.24, 2.45) is 0 Å². The molecule has 1 aromatic heterocycles. The highest BCUT2D eigenvalue weighted by Crippen LogP contribution is 2.19. The van der Waals surface area contributed by atoms with Gasteiger partial charge in [0, 0.05) is 0 Å². The molecule has 0 spiro atoms. The van der Waals surface area contributed by atoms with Crippen molar-refractivity contribution in [1.29, 1.82) is 0 Å². The van der Waals surface area contributed by atoms with E-state index in [-0.39, 0.29) is 12.1 Å². The minimum absolute atomic E-state index is 0.0500. The number of nitrogens with zero attached hydrogens (tertiary/aromatic N) is 1. The van der Waals surface area contributed by atoms with Crippen LogP contribution in [0.3, 0.4) is 0 Å². The van der Waals surface area contributed by atoms with Gasteiger partial charge in [0.25, 0.3) is 11.8 Å². The normalized spacial score (nSPS) is 16.3. The number of carbonyl (C=O) groups is 3. The quantitative estimate of drug-likeness (QED) is 0.667. The summed E-state index contributed by atoms with van der Waals surface area (Å²) in [6, 6.07) is 9.48. The van der Waals surface area contributed by atoms with E-state index in [1.54, 1.807) is 36.4 Å². The van der Waals surface area contributed by atoms with Gasteiger partial charge in [-0.25, -0.2) is 4.79 Å². The van der Waals surface area contributed by atoms with E-state index in [2.05, 4.69) is 5.32 Å². The SMILES string of the molecule is CCOc1ccc(/C=C2/C(=O)NC(=O)N(Cc3ccco3)C2=O)cc1. The number of urea groups is 1. The average molecular weight is 340 g/mol. The van der Waals surface area contributed by atoms with Crippen LogP contribution in [0.4, 0.5) is 4.79 Å². The van der Waals surface area contributed by atoms with Gasteiger partial charge in [-0.1, -0.05) is 12.1 Å². The number of barbiturate groups is 1. The second-order valence-corrected chi connectivity index (χ2v) is 5.29. The van der Waals surface area contributed by atoms with Gasteiger partial charge >= 0.3 is 6.03 Å². The molecule has 0 unspecified atom stereocenters. The molecule has 7 nitrogen and oxygen atoms in total. The van der Waals surface area contributed by atoms with Crippen molar-refractivity contribution in [3.63, 3.8) is 0 Å². The lowest BCUT2D eigenvalue weighted by molar-refractivity contribution is -0.130. The maximum atomic E-state index is 12.6. The number of ether oxygens (including phenoxy) is 1. The summed E-state index contributed by atoms with van der Waals surface area (Å²) in [5, 5.41) is 2.17. The van der Waals surface area contributed by atoms with Gasteiger partial charge in [-0.15, -0.1) is 0 Å². The van der Waals surface area contributed by atoms with Gasteiger partial charge in [0.15, 0.2) is 0 Å². The van der Waals surface area contributed by atoms with Gasteiger partial charge in [0.1, 0.15) is 17.1 Å². The van der Waals surface area contributed by atoms with Crippen LogP contribution in [0, 0.1) is 0 Å². The number of hydrogen-bond donors (Lipinski definition) is 1. The first-order valence-corrected chi connectivity index (χ1v) is 7.72. The predicted octanol–water partition coefficient (Wildman–Crippen LogP) is 2.34. The van der Waals surface area contributed by atoms with Crippen LogP contribution in [0.15, 0.2) is 52.7 Å². The summed E-state index contributed by atoms with van der Waals surface area (Å²) in [4.78, 5) is 37.5. The molecular weight excluding hydrogens is 324 g/mol. The first-order chi connectivity index (χ1) is 12.1. The Balaban J connectivity index is 1.84. The van der Waals surface area contributed by atoms with Crippen LogP contribution in [0.25, 0.3) is 6.08 Å². The fourth-order valence-electron chi connectivity index (χ4n) is 2.39. The lowest BCUT2D eigenvalue weighted by Crippen LogP contribution is -2.53. The molecule has 4 amide bonds. The third kappa shape index (κ3) is 3.60. The zero-order valence-electron chi connectivity index (χ0n) is 13.5. The van der Waals surface area contributed by atoms with E-state index in [1.165, 1.54) is 12.3 Å². The number of hydrogen-bond acceptors (Lipinski definition) is 5. The first-order valence-electron chi connectivity index (χ1n) is 7.72. The molecule has 2 heterocycles. The molecule has 2 aromatic rings. The molecule has 1 fully saturated rings. The molecule has 0 aliphatic carbocycles. The molecule has 25 heavy (non-hydrogen) atoms. The number of benzene rings is 1. The molecule has 1 aliphatic rings. The van der Waals surface area contributed by atoms with Gasteiger partial charge in [0.05, 0.1) is 19.4 Å². The largest absolute Gasteiger partial charge is 0.494 e.